The van der Waals surface area contributed by atoms with E-state index in [-0.39, 0.29) is 17.8 Å². The van der Waals surface area contributed by atoms with Crippen LogP contribution in [0, 0.1) is 6.92 Å². The maximum Gasteiger partial charge on any atom is 0.349 e. The Bertz CT molecular complexity index is 1620. The van der Waals surface area contributed by atoms with Crippen molar-refractivity contribution in [2.45, 2.75) is 45.3 Å². The lowest BCUT2D eigenvalue weighted by atomic mass is 10.0. The molecule has 10 heteroatoms. The number of pyridine rings is 1. The maximum absolute atomic E-state index is 13.6. The lowest BCUT2D eigenvalue weighted by molar-refractivity contribution is -0.00709. The average Bonchev–Trinajstić information content (AvgIpc) is 3.57. The van der Waals surface area contributed by atoms with Gasteiger partial charge in [0.1, 0.15) is 11.2 Å². The molecule has 180 valence electrons. The van der Waals surface area contributed by atoms with Gasteiger partial charge in [0.25, 0.3) is 0 Å². The number of aryl methyl sites for hydroxylation is 3. The minimum atomic E-state index is -0.293. The molecule has 0 N–H and O–H groups in total. The van der Waals surface area contributed by atoms with Gasteiger partial charge >= 0.3 is 5.69 Å². The number of hydrogen-bond donors (Lipinski definition) is 0. The third-order valence-electron chi connectivity index (χ3n) is 6.83. The molecule has 10 nitrogen and oxygen atoms in total. The molecular weight excluding hydrogens is 446 g/mol. The second-order valence-electron chi connectivity index (χ2n) is 9.25. The van der Waals surface area contributed by atoms with Crippen molar-refractivity contribution in [1.29, 1.82) is 0 Å². The van der Waals surface area contributed by atoms with Crippen molar-refractivity contribution < 1.29 is 9.15 Å². The van der Waals surface area contributed by atoms with E-state index in [9.17, 15) is 4.79 Å². The molecule has 5 aromatic rings. The monoisotopic (exact) mass is 473 g/mol. The van der Waals surface area contributed by atoms with Gasteiger partial charge in [0, 0.05) is 55.7 Å². The molecule has 0 saturated carbocycles. The molecule has 1 saturated heterocycles. The molecule has 0 aliphatic carbocycles. The van der Waals surface area contributed by atoms with E-state index in [0.717, 1.165) is 52.7 Å². The maximum atomic E-state index is 13.6. The van der Waals surface area contributed by atoms with Crippen LogP contribution in [0.1, 0.15) is 37.9 Å². The molecule has 1 aliphatic heterocycles. The van der Waals surface area contributed by atoms with Crippen LogP contribution in [0.2, 0.25) is 0 Å². The van der Waals surface area contributed by atoms with Crippen molar-refractivity contribution in [2.24, 2.45) is 14.1 Å². The molecule has 1 fully saturated rings. The molecule has 2 atom stereocenters. The summed E-state index contributed by atoms with van der Waals surface area (Å²) in [5, 5.41) is 9.42. The second-order valence-corrected chi connectivity index (χ2v) is 9.25. The van der Waals surface area contributed by atoms with Crippen molar-refractivity contribution in [3.05, 3.63) is 47.0 Å². The van der Waals surface area contributed by atoms with E-state index in [1.807, 2.05) is 44.0 Å². The predicted octanol–water partition coefficient (Wildman–Crippen LogP) is 3.78. The van der Waals surface area contributed by atoms with Gasteiger partial charge in [0.05, 0.1) is 29.9 Å². The molecule has 6 heterocycles. The van der Waals surface area contributed by atoms with Gasteiger partial charge in [0.2, 0.25) is 0 Å². The Kier molecular flexibility index (Phi) is 5.06. The summed E-state index contributed by atoms with van der Waals surface area (Å²) in [5.74, 6) is 0. The molecule has 1 aliphatic rings. The Morgan fingerprint density at radius 1 is 1.06 bits per heavy atom. The Balaban J connectivity index is 1.68. The van der Waals surface area contributed by atoms with Crippen LogP contribution in [0.5, 0.6) is 0 Å². The fraction of sp³-hybridized carbons (Fsp3) is 0.400. The first-order chi connectivity index (χ1) is 16.9. The van der Waals surface area contributed by atoms with Crippen LogP contribution >= 0.6 is 0 Å². The summed E-state index contributed by atoms with van der Waals surface area (Å²) in [5.41, 5.74) is 5.33. The van der Waals surface area contributed by atoms with Gasteiger partial charge in [0.15, 0.2) is 11.2 Å². The van der Waals surface area contributed by atoms with Gasteiger partial charge in [-0.2, -0.15) is 15.2 Å². The van der Waals surface area contributed by atoms with E-state index in [2.05, 4.69) is 22.1 Å². The SMILES string of the molecule is CC[C@H]1C[C@@H](n2c(=O)nc(-c3cnn(C)c3)c3oc4c(C)nc(-c5cnn(C)c5)cc4c32)CCO1. The average molecular weight is 474 g/mol. The molecule has 0 amide bonds. The van der Waals surface area contributed by atoms with E-state index < -0.39 is 0 Å². The van der Waals surface area contributed by atoms with Crippen LogP contribution in [0.15, 0.2) is 40.1 Å². The summed E-state index contributed by atoms with van der Waals surface area (Å²) >= 11 is 0. The van der Waals surface area contributed by atoms with Crippen molar-refractivity contribution in [1.82, 2.24) is 34.1 Å². The highest BCUT2D eigenvalue weighted by atomic mass is 16.5. The quantitative estimate of drug-likeness (QED) is 0.391. The first kappa shape index (κ1) is 21.7. The standard InChI is InChI=1S/C25H27N7O3/c1-5-18-8-17(6-7-34-18)32-22-19-9-20(15-10-26-30(3)12-15)28-14(2)23(19)35-24(22)21(29-25(32)33)16-11-27-31(4)13-16/h9-13,17-18H,5-8H2,1-4H3/t17-,18-/m0/s1. The molecule has 0 unspecified atom stereocenters. The lowest BCUT2D eigenvalue weighted by Crippen LogP contribution is -2.34. The number of nitrogens with zero attached hydrogens (tertiary/aromatic N) is 7. The van der Waals surface area contributed by atoms with E-state index >= 15 is 0 Å². The normalized spacial score (nSPS) is 18.6. The van der Waals surface area contributed by atoms with Gasteiger partial charge < -0.3 is 9.15 Å². The highest BCUT2D eigenvalue weighted by molar-refractivity contribution is 6.08. The van der Waals surface area contributed by atoms with Crippen LogP contribution in [0.4, 0.5) is 0 Å². The van der Waals surface area contributed by atoms with Crippen LogP contribution < -0.4 is 5.69 Å². The Morgan fingerprint density at radius 3 is 2.49 bits per heavy atom. The van der Waals surface area contributed by atoms with E-state index in [1.54, 1.807) is 21.8 Å². The molecule has 6 rings (SSSR count). The summed E-state index contributed by atoms with van der Waals surface area (Å²) in [6, 6.07) is 1.96. The Morgan fingerprint density at radius 2 is 1.80 bits per heavy atom. The largest absolute Gasteiger partial charge is 0.450 e. The molecular formula is C25H27N7O3. The zero-order valence-corrected chi connectivity index (χ0v) is 20.2. The van der Waals surface area contributed by atoms with Gasteiger partial charge in [-0.1, -0.05) is 6.92 Å². The second kappa shape index (κ2) is 8.16. The minimum Gasteiger partial charge on any atom is -0.450 e. The van der Waals surface area contributed by atoms with Crippen LogP contribution in [0.3, 0.4) is 0 Å². The first-order valence-corrected chi connectivity index (χ1v) is 11.9. The van der Waals surface area contributed by atoms with Gasteiger partial charge in [-0.3, -0.25) is 13.9 Å². The van der Waals surface area contributed by atoms with Crippen molar-refractivity contribution in [3.8, 4) is 22.5 Å². The zero-order chi connectivity index (χ0) is 24.3. The van der Waals surface area contributed by atoms with Crippen molar-refractivity contribution >= 4 is 22.1 Å². The highest BCUT2D eigenvalue weighted by Crippen LogP contribution is 2.39. The number of furan rings is 1. The van der Waals surface area contributed by atoms with Crippen molar-refractivity contribution in [2.75, 3.05) is 6.61 Å². The molecule has 0 bridgehead atoms. The van der Waals surface area contributed by atoms with Crippen LogP contribution in [0.25, 0.3) is 44.6 Å². The number of fused-ring (bicyclic) bond motifs is 3. The summed E-state index contributed by atoms with van der Waals surface area (Å²) in [6.07, 6.45) is 9.76. The predicted molar refractivity (Wildman–Crippen MR) is 131 cm³/mol. The van der Waals surface area contributed by atoms with Crippen LogP contribution in [-0.4, -0.2) is 46.8 Å². The smallest absolute Gasteiger partial charge is 0.349 e. The third kappa shape index (κ3) is 3.56. The van der Waals surface area contributed by atoms with Gasteiger partial charge in [-0.25, -0.2) is 9.78 Å². The Hall–Kier alpha value is -3.79. The van der Waals surface area contributed by atoms with E-state index in [4.69, 9.17) is 14.1 Å². The minimum absolute atomic E-state index is 0.0322. The zero-order valence-electron chi connectivity index (χ0n) is 20.2. The molecule has 5 aromatic heterocycles. The summed E-state index contributed by atoms with van der Waals surface area (Å²) < 4.78 is 17.6. The first-order valence-electron chi connectivity index (χ1n) is 11.9. The molecule has 0 aromatic carbocycles. The Labute approximate surface area is 201 Å². The summed E-state index contributed by atoms with van der Waals surface area (Å²) in [7, 11) is 3.71. The number of hydrogen-bond acceptors (Lipinski definition) is 7. The topological polar surface area (TPSA) is 106 Å². The van der Waals surface area contributed by atoms with Gasteiger partial charge in [-0.05, 0) is 32.3 Å². The summed E-state index contributed by atoms with van der Waals surface area (Å²) in [4.78, 5) is 22.9. The highest BCUT2D eigenvalue weighted by Gasteiger charge is 2.29. The fourth-order valence-corrected chi connectivity index (χ4v) is 5.09. The third-order valence-corrected chi connectivity index (χ3v) is 6.83. The lowest BCUT2D eigenvalue weighted by Gasteiger charge is -2.30. The van der Waals surface area contributed by atoms with E-state index in [1.165, 1.54) is 0 Å². The summed E-state index contributed by atoms with van der Waals surface area (Å²) in [6.45, 7) is 4.64. The van der Waals surface area contributed by atoms with E-state index in [0.29, 0.717) is 23.5 Å². The number of aromatic nitrogens is 7. The molecule has 0 radical (unpaired) electrons. The number of rotatable bonds is 4. The fourth-order valence-electron chi connectivity index (χ4n) is 5.09. The van der Waals surface area contributed by atoms with Crippen molar-refractivity contribution in [3.63, 3.8) is 0 Å². The number of ether oxygens (including phenoxy) is 1. The molecule has 35 heavy (non-hydrogen) atoms. The molecule has 0 spiro atoms. The van der Waals surface area contributed by atoms with Gasteiger partial charge in [-0.15, -0.1) is 0 Å². The van der Waals surface area contributed by atoms with Crippen LogP contribution in [-0.2, 0) is 18.8 Å².